The normalized spacial score (nSPS) is 18.5. The third-order valence-electron chi connectivity index (χ3n) is 2.29. The molecule has 1 aliphatic rings. The lowest BCUT2D eigenvalue weighted by Gasteiger charge is -2.33. The highest BCUT2D eigenvalue weighted by Gasteiger charge is 2.24. The van der Waals surface area contributed by atoms with Gasteiger partial charge in [-0.15, -0.1) is 11.8 Å². The minimum absolute atomic E-state index is 0.122. The van der Waals surface area contributed by atoms with Gasteiger partial charge in [0, 0.05) is 21.9 Å². The van der Waals surface area contributed by atoms with Crippen LogP contribution in [0.3, 0.4) is 0 Å². The second-order valence-electron chi connectivity index (χ2n) is 4.29. The summed E-state index contributed by atoms with van der Waals surface area (Å²) in [6.07, 6.45) is 0. The SMILES string of the molecule is CC1(C)CSc2cc(CO)ccc2N1. The highest BCUT2D eigenvalue weighted by molar-refractivity contribution is 7.99. The zero-order valence-corrected chi connectivity index (χ0v) is 9.32. The molecule has 2 N–H and O–H groups in total. The number of hydrogen-bond acceptors (Lipinski definition) is 3. The molecule has 2 rings (SSSR count). The van der Waals surface area contributed by atoms with Gasteiger partial charge in [0.05, 0.1) is 6.61 Å². The minimum Gasteiger partial charge on any atom is -0.392 e. The summed E-state index contributed by atoms with van der Waals surface area (Å²) >= 11 is 1.85. The van der Waals surface area contributed by atoms with Crippen LogP contribution in [0.4, 0.5) is 5.69 Å². The molecule has 0 saturated heterocycles. The van der Waals surface area contributed by atoms with Gasteiger partial charge in [-0.3, -0.25) is 0 Å². The fourth-order valence-corrected chi connectivity index (χ4v) is 2.64. The lowest BCUT2D eigenvalue weighted by atomic mass is 10.1. The van der Waals surface area contributed by atoms with E-state index in [0.29, 0.717) is 0 Å². The van der Waals surface area contributed by atoms with Crippen LogP contribution in [-0.4, -0.2) is 16.4 Å². The molecule has 1 heterocycles. The second-order valence-corrected chi connectivity index (χ2v) is 5.30. The summed E-state index contributed by atoms with van der Waals surface area (Å²) in [5, 5.41) is 12.5. The number of rotatable bonds is 1. The molecule has 0 atom stereocenters. The molecular weight excluding hydrogens is 194 g/mol. The van der Waals surface area contributed by atoms with Crippen molar-refractivity contribution in [2.45, 2.75) is 30.9 Å². The van der Waals surface area contributed by atoms with Crippen LogP contribution in [0.1, 0.15) is 19.4 Å². The van der Waals surface area contributed by atoms with Crippen LogP contribution >= 0.6 is 11.8 Å². The van der Waals surface area contributed by atoms with Gasteiger partial charge >= 0.3 is 0 Å². The predicted molar refractivity (Wildman–Crippen MR) is 60.8 cm³/mol. The molecule has 0 amide bonds. The Hall–Kier alpha value is -0.670. The van der Waals surface area contributed by atoms with E-state index < -0.39 is 0 Å². The fourth-order valence-electron chi connectivity index (χ4n) is 1.55. The number of benzene rings is 1. The molecule has 76 valence electrons. The van der Waals surface area contributed by atoms with E-state index in [0.717, 1.165) is 11.3 Å². The standard InChI is InChI=1S/C11H15NOS/c1-11(2)7-14-10-5-8(6-13)3-4-9(10)12-11/h3-5,12-13H,6-7H2,1-2H3. The van der Waals surface area contributed by atoms with Gasteiger partial charge in [-0.1, -0.05) is 6.07 Å². The summed E-state index contributed by atoms with van der Waals surface area (Å²) in [5.74, 6) is 1.06. The summed E-state index contributed by atoms with van der Waals surface area (Å²) in [6, 6.07) is 6.07. The zero-order valence-electron chi connectivity index (χ0n) is 8.50. The Morgan fingerprint density at radius 3 is 3.00 bits per heavy atom. The van der Waals surface area contributed by atoms with Gasteiger partial charge in [0.25, 0.3) is 0 Å². The van der Waals surface area contributed by atoms with Crippen molar-refractivity contribution in [3.8, 4) is 0 Å². The van der Waals surface area contributed by atoms with Crippen LogP contribution in [0.25, 0.3) is 0 Å². The highest BCUT2D eigenvalue weighted by Crippen LogP contribution is 2.37. The summed E-state index contributed by atoms with van der Waals surface area (Å²) in [4.78, 5) is 1.25. The zero-order chi connectivity index (χ0) is 10.2. The monoisotopic (exact) mass is 209 g/mol. The third-order valence-corrected chi connectivity index (χ3v) is 3.80. The van der Waals surface area contributed by atoms with Gasteiger partial charge in [-0.25, -0.2) is 0 Å². The maximum absolute atomic E-state index is 9.01. The molecular formula is C11H15NOS. The molecule has 1 aromatic carbocycles. The number of aliphatic hydroxyl groups excluding tert-OH is 1. The predicted octanol–water partition coefficient (Wildman–Crippen LogP) is 2.48. The highest BCUT2D eigenvalue weighted by atomic mass is 32.2. The van der Waals surface area contributed by atoms with Crippen molar-refractivity contribution in [1.82, 2.24) is 0 Å². The molecule has 0 bridgehead atoms. The van der Waals surface area contributed by atoms with Crippen LogP contribution in [-0.2, 0) is 6.61 Å². The number of nitrogens with one attached hydrogen (secondary N) is 1. The number of anilines is 1. The van der Waals surface area contributed by atoms with Gasteiger partial charge in [-0.2, -0.15) is 0 Å². The summed E-state index contributed by atoms with van der Waals surface area (Å²) in [6.45, 7) is 4.52. The van der Waals surface area contributed by atoms with Crippen molar-refractivity contribution in [2.24, 2.45) is 0 Å². The Balaban J connectivity index is 2.32. The van der Waals surface area contributed by atoms with E-state index in [9.17, 15) is 0 Å². The average molecular weight is 209 g/mol. The lowest BCUT2D eigenvalue weighted by Crippen LogP contribution is -2.36. The topological polar surface area (TPSA) is 32.3 Å². The second kappa shape index (κ2) is 3.48. The van der Waals surface area contributed by atoms with Crippen molar-refractivity contribution in [3.05, 3.63) is 23.8 Å². The first-order valence-electron chi connectivity index (χ1n) is 4.75. The molecule has 0 radical (unpaired) electrons. The maximum Gasteiger partial charge on any atom is 0.0682 e. The van der Waals surface area contributed by atoms with Crippen molar-refractivity contribution in [3.63, 3.8) is 0 Å². The maximum atomic E-state index is 9.01. The van der Waals surface area contributed by atoms with E-state index in [2.05, 4.69) is 31.3 Å². The smallest absolute Gasteiger partial charge is 0.0682 e. The minimum atomic E-state index is 0.122. The Morgan fingerprint density at radius 2 is 2.29 bits per heavy atom. The number of fused-ring (bicyclic) bond motifs is 1. The van der Waals surface area contributed by atoms with Crippen LogP contribution in [0, 0.1) is 0 Å². The van der Waals surface area contributed by atoms with E-state index in [4.69, 9.17) is 5.11 Å². The van der Waals surface area contributed by atoms with Crippen LogP contribution in [0.2, 0.25) is 0 Å². The number of thioether (sulfide) groups is 1. The molecule has 2 nitrogen and oxygen atoms in total. The molecule has 1 aromatic rings. The Labute approximate surface area is 88.7 Å². The fraction of sp³-hybridized carbons (Fsp3) is 0.455. The molecule has 14 heavy (non-hydrogen) atoms. The van der Waals surface area contributed by atoms with Crippen molar-refractivity contribution in [1.29, 1.82) is 0 Å². The van der Waals surface area contributed by atoms with Crippen molar-refractivity contribution >= 4 is 17.4 Å². The molecule has 0 aliphatic carbocycles. The van der Waals surface area contributed by atoms with Crippen molar-refractivity contribution < 1.29 is 5.11 Å². The molecule has 3 heteroatoms. The van der Waals surface area contributed by atoms with E-state index in [-0.39, 0.29) is 12.1 Å². The Morgan fingerprint density at radius 1 is 1.50 bits per heavy atom. The molecule has 0 spiro atoms. The first-order chi connectivity index (χ1) is 6.61. The van der Waals surface area contributed by atoms with Gasteiger partial charge in [0.15, 0.2) is 0 Å². The van der Waals surface area contributed by atoms with E-state index >= 15 is 0 Å². The number of aliphatic hydroxyl groups is 1. The van der Waals surface area contributed by atoms with E-state index in [1.807, 2.05) is 17.8 Å². The lowest BCUT2D eigenvalue weighted by molar-refractivity contribution is 0.281. The first kappa shape index (κ1) is 9.87. The van der Waals surface area contributed by atoms with Crippen LogP contribution in [0.5, 0.6) is 0 Å². The van der Waals surface area contributed by atoms with Gasteiger partial charge in [0.1, 0.15) is 0 Å². The van der Waals surface area contributed by atoms with Gasteiger partial charge in [-0.05, 0) is 31.5 Å². The molecule has 0 aromatic heterocycles. The first-order valence-corrected chi connectivity index (χ1v) is 5.74. The van der Waals surface area contributed by atoms with Gasteiger partial charge < -0.3 is 10.4 Å². The van der Waals surface area contributed by atoms with E-state index in [1.54, 1.807) is 0 Å². The third kappa shape index (κ3) is 1.88. The average Bonchev–Trinajstić information content (AvgIpc) is 2.16. The van der Waals surface area contributed by atoms with E-state index in [1.165, 1.54) is 10.6 Å². The van der Waals surface area contributed by atoms with Crippen LogP contribution < -0.4 is 5.32 Å². The molecule has 0 unspecified atom stereocenters. The molecule has 1 aliphatic heterocycles. The molecule has 0 saturated carbocycles. The summed E-state index contributed by atoms with van der Waals surface area (Å²) in [7, 11) is 0. The quantitative estimate of drug-likeness (QED) is 0.745. The van der Waals surface area contributed by atoms with Crippen molar-refractivity contribution in [2.75, 3.05) is 11.1 Å². The number of hydrogen-bond donors (Lipinski definition) is 2. The Kier molecular flexibility index (Phi) is 2.45. The summed E-state index contributed by atoms with van der Waals surface area (Å²) < 4.78 is 0. The van der Waals surface area contributed by atoms with Gasteiger partial charge in [0.2, 0.25) is 0 Å². The Bertz CT molecular complexity index is 349. The summed E-state index contributed by atoms with van der Waals surface area (Å²) in [5.41, 5.74) is 2.33. The molecule has 0 fully saturated rings. The van der Waals surface area contributed by atoms with Crippen LogP contribution in [0.15, 0.2) is 23.1 Å². The largest absolute Gasteiger partial charge is 0.392 e.